The number of hydrogen-bond donors (Lipinski definition) is 2. The first-order valence-corrected chi connectivity index (χ1v) is 13.6. The van der Waals surface area contributed by atoms with Crippen LogP contribution in [0.15, 0.2) is 59.1 Å². The molecule has 4 aromatic rings. The number of fused-ring (bicyclic) bond motifs is 1. The second kappa shape index (κ2) is 12.0. The maximum atomic E-state index is 11.8. The Bertz CT molecular complexity index is 1430. The highest BCUT2D eigenvalue weighted by atomic mass is 16.6. The zero-order valence-electron chi connectivity index (χ0n) is 22.5. The lowest BCUT2D eigenvalue weighted by Gasteiger charge is -2.31. The van der Waals surface area contributed by atoms with E-state index >= 15 is 0 Å². The van der Waals surface area contributed by atoms with E-state index in [9.17, 15) is 4.79 Å². The molecular formula is C29H33N7O4. The van der Waals surface area contributed by atoms with E-state index in [2.05, 4.69) is 60.9 Å². The largest absolute Gasteiger partial charge is 0.378 e. The first-order chi connectivity index (χ1) is 19.7. The number of aromatic nitrogens is 3. The SMILES string of the molecule is CONC(=O)Nc1ccc(-c2nc(N3CCOCC3)c3onc(C4CCN(Cc5ccccc5)CC4)c3n2)cc1. The molecule has 0 bridgehead atoms. The second-order valence-electron chi connectivity index (χ2n) is 10.1. The predicted octanol–water partition coefficient (Wildman–Crippen LogP) is 4.18. The smallest absolute Gasteiger partial charge is 0.343 e. The number of carbonyl (C=O) groups is 1. The highest BCUT2D eigenvalue weighted by molar-refractivity contribution is 5.90. The van der Waals surface area contributed by atoms with Gasteiger partial charge in [-0.05, 0) is 55.8 Å². The average molecular weight is 544 g/mol. The molecule has 6 rings (SSSR count). The lowest BCUT2D eigenvalue weighted by molar-refractivity contribution is 0.114. The Labute approximate surface area is 232 Å². The lowest BCUT2D eigenvalue weighted by Crippen LogP contribution is -2.37. The highest BCUT2D eigenvalue weighted by Gasteiger charge is 2.29. The fraction of sp³-hybridized carbons (Fsp3) is 0.379. The summed E-state index contributed by atoms with van der Waals surface area (Å²) in [7, 11) is 1.38. The summed E-state index contributed by atoms with van der Waals surface area (Å²) in [6.07, 6.45) is 1.98. The minimum atomic E-state index is -0.452. The summed E-state index contributed by atoms with van der Waals surface area (Å²) in [6.45, 7) is 5.64. The molecule has 208 valence electrons. The van der Waals surface area contributed by atoms with Crippen LogP contribution in [0.2, 0.25) is 0 Å². The number of urea groups is 1. The van der Waals surface area contributed by atoms with E-state index in [0.29, 0.717) is 30.3 Å². The maximum absolute atomic E-state index is 11.8. The van der Waals surface area contributed by atoms with Gasteiger partial charge in [0.2, 0.25) is 5.58 Å². The molecule has 2 fully saturated rings. The van der Waals surface area contributed by atoms with Gasteiger partial charge in [0.15, 0.2) is 11.6 Å². The van der Waals surface area contributed by atoms with Crippen molar-refractivity contribution in [1.29, 1.82) is 0 Å². The number of amides is 2. The third kappa shape index (κ3) is 5.76. The molecule has 11 heteroatoms. The number of likely N-dealkylation sites (tertiary alicyclic amines) is 1. The summed E-state index contributed by atoms with van der Waals surface area (Å²) in [4.78, 5) is 31.0. The van der Waals surface area contributed by atoms with Gasteiger partial charge in [-0.3, -0.25) is 9.74 Å². The Balaban J connectivity index is 1.27. The van der Waals surface area contributed by atoms with Crippen LogP contribution in [0, 0.1) is 0 Å². The molecule has 2 aliphatic rings. The number of nitrogens with one attached hydrogen (secondary N) is 2. The van der Waals surface area contributed by atoms with Crippen molar-refractivity contribution in [3.05, 3.63) is 65.9 Å². The molecule has 2 amide bonds. The van der Waals surface area contributed by atoms with Crippen LogP contribution in [0.25, 0.3) is 22.5 Å². The van der Waals surface area contributed by atoms with Crippen molar-refractivity contribution in [2.45, 2.75) is 25.3 Å². The lowest BCUT2D eigenvalue weighted by atomic mass is 9.92. The van der Waals surface area contributed by atoms with Crippen molar-refractivity contribution in [3.8, 4) is 11.4 Å². The third-order valence-corrected chi connectivity index (χ3v) is 7.46. The zero-order chi connectivity index (χ0) is 27.3. The van der Waals surface area contributed by atoms with Crippen LogP contribution in [0.5, 0.6) is 0 Å². The Morgan fingerprint density at radius 1 is 1.00 bits per heavy atom. The van der Waals surface area contributed by atoms with E-state index in [1.54, 1.807) is 0 Å². The standard InChI is InChI=1S/C29H33N7O4/c1-38-34-29(37)30-23-9-7-22(8-10-23)27-31-25-24(33-40-26(25)28(32-27)36-15-17-39-18-16-36)21-11-13-35(14-12-21)19-20-5-3-2-4-6-20/h2-10,21H,11-19H2,1H3,(H2,30,34,37). The Kier molecular flexibility index (Phi) is 7.85. The van der Waals surface area contributed by atoms with Crippen molar-refractivity contribution in [2.24, 2.45) is 0 Å². The fourth-order valence-corrected chi connectivity index (χ4v) is 5.38. The van der Waals surface area contributed by atoms with Crippen molar-refractivity contribution < 1.29 is 18.9 Å². The Morgan fingerprint density at radius 2 is 1.75 bits per heavy atom. The van der Waals surface area contributed by atoms with Crippen LogP contribution in [-0.4, -0.2) is 72.6 Å². The monoisotopic (exact) mass is 543 g/mol. The summed E-state index contributed by atoms with van der Waals surface area (Å²) in [6, 6.07) is 17.5. The average Bonchev–Trinajstić information content (AvgIpc) is 3.43. The van der Waals surface area contributed by atoms with Gasteiger partial charge in [-0.25, -0.2) is 20.2 Å². The summed E-state index contributed by atoms with van der Waals surface area (Å²) in [5.41, 5.74) is 7.34. The summed E-state index contributed by atoms with van der Waals surface area (Å²) in [5, 5.41) is 7.28. The Morgan fingerprint density at radius 3 is 2.48 bits per heavy atom. The van der Waals surface area contributed by atoms with Gasteiger partial charge in [-0.15, -0.1) is 0 Å². The number of piperidine rings is 1. The van der Waals surface area contributed by atoms with Crippen molar-refractivity contribution in [1.82, 2.24) is 25.5 Å². The summed E-state index contributed by atoms with van der Waals surface area (Å²) in [5.74, 6) is 1.59. The van der Waals surface area contributed by atoms with Crippen molar-refractivity contribution >= 4 is 28.6 Å². The fourth-order valence-electron chi connectivity index (χ4n) is 5.38. The van der Waals surface area contributed by atoms with Crippen LogP contribution in [0.3, 0.4) is 0 Å². The highest BCUT2D eigenvalue weighted by Crippen LogP contribution is 2.36. The number of anilines is 2. The van der Waals surface area contributed by atoms with Gasteiger partial charge < -0.3 is 19.5 Å². The number of hydroxylamine groups is 1. The van der Waals surface area contributed by atoms with Gasteiger partial charge in [0.25, 0.3) is 0 Å². The van der Waals surface area contributed by atoms with Crippen LogP contribution < -0.4 is 15.7 Å². The molecule has 0 saturated carbocycles. The number of hydrogen-bond acceptors (Lipinski definition) is 9. The quantitative estimate of drug-likeness (QED) is 0.331. The minimum absolute atomic E-state index is 0.263. The predicted molar refractivity (Wildman–Crippen MR) is 151 cm³/mol. The van der Waals surface area contributed by atoms with Gasteiger partial charge in [0.05, 0.1) is 20.3 Å². The van der Waals surface area contributed by atoms with Crippen LogP contribution >= 0.6 is 0 Å². The normalized spacial score (nSPS) is 16.8. The van der Waals surface area contributed by atoms with E-state index in [0.717, 1.165) is 68.2 Å². The van der Waals surface area contributed by atoms with E-state index < -0.39 is 6.03 Å². The molecule has 0 unspecified atom stereocenters. The number of benzene rings is 2. The van der Waals surface area contributed by atoms with Gasteiger partial charge in [0.1, 0.15) is 11.2 Å². The molecule has 2 aliphatic heterocycles. The topological polar surface area (TPSA) is 118 Å². The molecule has 0 atom stereocenters. The first kappa shape index (κ1) is 26.2. The minimum Gasteiger partial charge on any atom is -0.378 e. The molecule has 0 spiro atoms. The van der Waals surface area contributed by atoms with Gasteiger partial charge in [-0.2, -0.15) is 0 Å². The summed E-state index contributed by atoms with van der Waals surface area (Å²) < 4.78 is 11.5. The van der Waals surface area contributed by atoms with Crippen LogP contribution in [-0.2, 0) is 16.1 Å². The number of carbonyl (C=O) groups excluding carboxylic acids is 1. The summed E-state index contributed by atoms with van der Waals surface area (Å²) >= 11 is 0. The molecule has 11 nitrogen and oxygen atoms in total. The van der Waals surface area contributed by atoms with E-state index in [1.165, 1.54) is 12.7 Å². The molecule has 40 heavy (non-hydrogen) atoms. The maximum Gasteiger partial charge on any atom is 0.343 e. The zero-order valence-corrected chi connectivity index (χ0v) is 22.5. The van der Waals surface area contributed by atoms with E-state index in [1.807, 2.05) is 24.3 Å². The molecule has 4 heterocycles. The molecule has 0 aliphatic carbocycles. The Hall–Kier alpha value is -4.06. The molecule has 2 aromatic heterocycles. The van der Waals surface area contributed by atoms with E-state index in [-0.39, 0.29) is 5.92 Å². The van der Waals surface area contributed by atoms with Crippen molar-refractivity contribution in [3.63, 3.8) is 0 Å². The van der Waals surface area contributed by atoms with Gasteiger partial charge in [0, 0.05) is 36.8 Å². The molecule has 0 radical (unpaired) electrons. The number of ether oxygens (including phenoxy) is 1. The molecular weight excluding hydrogens is 510 g/mol. The number of nitrogens with zero attached hydrogens (tertiary/aromatic N) is 5. The van der Waals surface area contributed by atoms with Gasteiger partial charge in [-0.1, -0.05) is 35.5 Å². The molecule has 2 aromatic carbocycles. The number of rotatable bonds is 7. The van der Waals surface area contributed by atoms with Crippen molar-refractivity contribution in [2.75, 3.05) is 56.7 Å². The third-order valence-electron chi connectivity index (χ3n) is 7.46. The first-order valence-electron chi connectivity index (χ1n) is 13.6. The molecule has 2 N–H and O–H groups in total. The van der Waals surface area contributed by atoms with Crippen LogP contribution in [0.1, 0.15) is 30.0 Å². The van der Waals surface area contributed by atoms with Crippen LogP contribution in [0.4, 0.5) is 16.3 Å². The van der Waals surface area contributed by atoms with Gasteiger partial charge >= 0.3 is 6.03 Å². The van der Waals surface area contributed by atoms with E-state index in [4.69, 9.17) is 19.2 Å². The number of morpholine rings is 1. The second-order valence-corrected chi connectivity index (χ2v) is 10.1. The molecule has 2 saturated heterocycles.